The number of methoxy groups -OCH3 is 2. The molecular weight excluding hydrogens is 249 g/mol. The monoisotopic (exact) mass is 261 g/mol. The van der Waals surface area contributed by atoms with Crippen molar-refractivity contribution in [2.24, 2.45) is 0 Å². The highest BCUT2D eigenvalue weighted by Crippen LogP contribution is 2.23. The molecule has 0 radical (unpaired) electrons. The average molecular weight is 261 g/mol. The van der Waals surface area contributed by atoms with Crippen LogP contribution in [-0.4, -0.2) is 25.2 Å². The largest absolute Gasteiger partial charge is 0.481 e. The van der Waals surface area contributed by atoms with Gasteiger partial charge >= 0.3 is 5.97 Å². The molecule has 0 atom stereocenters. The number of nitrogens with zero attached hydrogens (tertiary/aromatic N) is 1. The van der Waals surface area contributed by atoms with Crippen LogP contribution in [0.5, 0.6) is 5.88 Å². The third-order valence-corrected chi connectivity index (χ3v) is 2.60. The average Bonchev–Trinajstić information content (AvgIpc) is 2.45. The molecule has 5 heteroatoms. The van der Waals surface area contributed by atoms with Crippen molar-refractivity contribution >= 4 is 5.97 Å². The Morgan fingerprint density at radius 3 is 2.53 bits per heavy atom. The van der Waals surface area contributed by atoms with Gasteiger partial charge in [0.15, 0.2) is 0 Å². The van der Waals surface area contributed by atoms with E-state index < -0.39 is 11.8 Å². The number of benzene rings is 1. The summed E-state index contributed by atoms with van der Waals surface area (Å²) in [5.41, 5.74) is 1.40. The molecule has 0 aliphatic heterocycles. The third kappa shape index (κ3) is 2.88. The number of esters is 1. The Bertz CT molecular complexity index is 596. The van der Waals surface area contributed by atoms with Crippen LogP contribution in [0.1, 0.15) is 10.4 Å². The first-order chi connectivity index (χ1) is 9.13. The lowest BCUT2D eigenvalue weighted by Crippen LogP contribution is -2.02. The number of halogens is 1. The molecule has 98 valence electrons. The van der Waals surface area contributed by atoms with Gasteiger partial charge in [-0.1, -0.05) is 0 Å². The van der Waals surface area contributed by atoms with E-state index in [4.69, 9.17) is 4.74 Å². The molecule has 19 heavy (non-hydrogen) atoms. The topological polar surface area (TPSA) is 48.4 Å². The first-order valence-corrected chi connectivity index (χ1v) is 5.53. The predicted octanol–water partition coefficient (Wildman–Crippen LogP) is 2.68. The Morgan fingerprint density at radius 2 is 1.95 bits per heavy atom. The second-order valence-electron chi connectivity index (χ2n) is 3.81. The van der Waals surface area contributed by atoms with Crippen LogP contribution in [0.2, 0.25) is 0 Å². The minimum atomic E-state index is -0.581. The molecule has 0 unspecified atom stereocenters. The highest BCUT2D eigenvalue weighted by Gasteiger charge is 2.10. The molecule has 0 saturated carbocycles. The van der Waals surface area contributed by atoms with E-state index >= 15 is 0 Å². The standard InChI is InChI=1S/C14H12FNO3/c1-18-13-4-3-9(8-16-13)10-5-11(14(17)19-2)7-12(15)6-10/h3-8H,1-2H3. The summed E-state index contributed by atoms with van der Waals surface area (Å²) in [7, 11) is 2.77. The van der Waals surface area contributed by atoms with Gasteiger partial charge in [-0.2, -0.15) is 0 Å². The molecule has 0 spiro atoms. The van der Waals surface area contributed by atoms with E-state index in [1.54, 1.807) is 24.4 Å². The number of pyridine rings is 1. The summed E-state index contributed by atoms with van der Waals surface area (Å²) in [6.07, 6.45) is 1.55. The lowest BCUT2D eigenvalue weighted by atomic mass is 10.0. The lowest BCUT2D eigenvalue weighted by Gasteiger charge is -2.06. The van der Waals surface area contributed by atoms with Crippen molar-refractivity contribution in [3.05, 3.63) is 47.9 Å². The SMILES string of the molecule is COC(=O)c1cc(F)cc(-c2ccc(OC)nc2)c1. The summed E-state index contributed by atoms with van der Waals surface area (Å²) in [6.45, 7) is 0. The minimum Gasteiger partial charge on any atom is -0.481 e. The molecule has 1 aromatic heterocycles. The summed E-state index contributed by atoms with van der Waals surface area (Å²) in [5.74, 6) is -0.621. The van der Waals surface area contributed by atoms with E-state index in [1.165, 1.54) is 20.3 Å². The predicted molar refractivity (Wildman–Crippen MR) is 67.5 cm³/mol. The second kappa shape index (κ2) is 5.48. The molecule has 0 bridgehead atoms. The fourth-order valence-corrected chi connectivity index (χ4v) is 1.66. The summed E-state index contributed by atoms with van der Waals surface area (Å²) in [4.78, 5) is 15.5. The number of hydrogen-bond donors (Lipinski definition) is 0. The van der Waals surface area contributed by atoms with Crippen molar-refractivity contribution in [3.8, 4) is 17.0 Å². The lowest BCUT2D eigenvalue weighted by molar-refractivity contribution is 0.0600. The maximum atomic E-state index is 13.5. The fraction of sp³-hybridized carbons (Fsp3) is 0.143. The minimum absolute atomic E-state index is 0.160. The van der Waals surface area contributed by atoms with Crippen LogP contribution in [0.25, 0.3) is 11.1 Å². The number of carbonyl (C=O) groups is 1. The van der Waals surface area contributed by atoms with Crippen LogP contribution >= 0.6 is 0 Å². The summed E-state index contributed by atoms with van der Waals surface area (Å²) in [6, 6.07) is 7.42. The normalized spacial score (nSPS) is 10.1. The molecule has 4 nitrogen and oxygen atoms in total. The summed E-state index contributed by atoms with van der Waals surface area (Å²) in [5, 5.41) is 0. The highest BCUT2D eigenvalue weighted by molar-refractivity contribution is 5.91. The second-order valence-corrected chi connectivity index (χ2v) is 3.81. The Kier molecular flexibility index (Phi) is 3.75. The molecule has 0 aliphatic rings. The molecule has 1 heterocycles. The van der Waals surface area contributed by atoms with Crippen molar-refractivity contribution in [3.63, 3.8) is 0 Å². The number of rotatable bonds is 3. The van der Waals surface area contributed by atoms with Gasteiger partial charge in [0.25, 0.3) is 0 Å². The molecular formula is C14H12FNO3. The quantitative estimate of drug-likeness (QED) is 0.797. The van der Waals surface area contributed by atoms with Gasteiger partial charge in [-0.15, -0.1) is 0 Å². The zero-order valence-electron chi connectivity index (χ0n) is 10.5. The van der Waals surface area contributed by atoms with Crippen molar-refractivity contribution in [1.29, 1.82) is 0 Å². The van der Waals surface area contributed by atoms with Crippen LogP contribution in [0.3, 0.4) is 0 Å². The maximum Gasteiger partial charge on any atom is 0.337 e. The molecule has 2 aromatic rings. The highest BCUT2D eigenvalue weighted by atomic mass is 19.1. The molecule has 0 amide bonds. The van der Waals surface area contributed by atoms with Crippen LogP contribution in [0.15, 0.2) is 36.5 Å². The molecule has 0 saturated heterocycles. The zero-order chi connectivity index (χ0) is 13.8. The van der Waals surface area contributed by atoms with E-state index in [-0.39, 0.29) is 5.56 Å². The van der Waals surface area contributed by atoms with Crippen LogP contribution < -0.4 is 4.74 Å². The Balaban J connectivity index is 2.43. The first-order valence-electron chi connectivity index (χ1n) is 5.53. The number of aromatic nitrogens is 1. The van der Waals surface area contributed by atoms with Gasteiger partial charge in [-0.3, -0.25) is 0 Å². The molecule has 0 N–H and O–H groups in total. The van der Waals surface area contributed by atoms with Crippen molar-refractivity contribution in [2.75, 3.05) is 14.2 Å². The van der Waals surface area contributed by atoms with Crippen LogP contribution in [-0.2, 0) is 4.74 Å². The molecule has 0 fully saturated rings. The number of hydrogen-bond acceptors (Lipinski definition) is 4. The third-order valence-electron chi connectivity index (χ3n) is 2.60. The fourth-order valence-electron chi connectivity index (χ4n) is 1.66. The Labute approximate surface area is 109 Å². The molecule has 2 rings (SSSR count). The Morgan fingerprint density at radius 1 is 1.16 bits per heavy atom. The van der Waals surface area contributed by atoms with E-state index in [9.17, 15) is 9.18 Å². The van der Waals surface area contributed by atoms with E-state index in [2.05, 4.69) is 9.72 Å². The van der Waals surface area contributed by atoms with Gasteiger partial charge in [-0.25, -0.2) is 14.2 Å². The first kappa shape index (κ1) is 13.0. The number of ether oxygens (including phenoxy) is 2. The number of carbonyl (C=O) groups excluding carboxylic acids is 1. The van der Waals surface area contributed by atoms with Crippen LogP contribution in [0, 0.1) is 5.82 Å². The summed E-state index contributed by atoms with van der Waals surface area (Å²) < 4.78 is 23.0. The zero-order valence-corrected chi connectivity index (χ0v) is 10.5. The van der Waals surface area contributed by atoms with Gasteiger partial charge in [0.1, 0.15) is 5.82 Å². The van der Waals surface area contributed by atoms with Crippen LogP contribution in [0.4, 0.5) is 4.39 Å². The van der Waals surface area contributed by atoms with Gasteiger partial charge in [0.2, 0.25) is 5.88 Å². The van der Waals surface area contributed by atoms with E-state index in [1.807, 2.05) is 0 Å². The van der Waals surface area contributed by atoms with Crippen molar-refractivity contribution in [2.45, 2.75) is 0 Å². The van der Waals surface area contributed by atoms with Crippen molar-refractivity contribution in [1.82, 2.24) is 4.98 Å². The Hall–Kier alpha value is -2.43. The molecule has 0 aliphatic carbocycles. The summed E-state index contributed by atoms with van der Waals surface area (Å²) >= 11 is 0. The van der Waals surface area contributed by atoms with Gasteiger partial charge in [-0.05, 0) is 29.8 Å². The molecule has 1 aromatic carbocycles. The van der Waals surface area contributed by atoms with Gasteiger partial charge in [0.05, 0.1) is 19.8 Å². The van der Waals surface area contributed by atoms with E-state index in [0.29, 0.717) is 17.0 Å². The van der Waals surface area contributed by atoms with E-state index in [0.717, 1.165) is 6.07 Å². The smallest absolute Gasteiger partial charge is 0.337 e. The van der Waals surface area contributed by atoms with Gasteiger partial charge in [0, 0.05) is 17.8 Å². The maximum absolute atomic E-state index is 13.5. The van der Waals surface area contributed by atoms with Crippen molar-refractivity contribution < 1.29 is 18.7 Å². The van der Waals surface area contributed by atoms with Gasteiger partial charge < -0.3 is 9.47 Å².